The Balaban J connectivity index is 2.49. The summed E-state index contributed by atoms with van der Waals surface area (Å²) < 4.78 is 0. The van der Waals surface area contributed by atoms with Crippen molar-refractivity contribution in [3.8, 4) is 0 Å². The van der Waals surface area contributed by atoms with Crippen LogP contribution in [0.1, 0.15) is 53.4 Å². The Morgan fingerprint density at radius 2 is 1.81 bits per heavy atom. The molecule has 1 saturated carbocycles. The van der Waals surface area contributed by atoms with E-state index in [1.807, 2.05) is 11.9 Å². The van der Waals surface area contributed by atoms with Crippen molar-refractivity contribution in [3.63, 3.8) is 0 Å². The third-order valence-electron chi connectivity index (χ3n) is 4.94. The van der Waals surface area contributed by atoms with Crippen LogP contribution in [-0.2, 0) is 4.79 Å². The predicted molar refractivity (Wildman–Crippen MR) is 89.1 cm³/mol. The third-order valence-corrected chi connectivity index (χ3v) is 4.94. The van der Waals surface area contributed by atoms with E-state index in [2.05, 4.69) is 32.6 Å². The van der Waals surface area contributed by atoms with Crippen LogP contribution in [0.3, 0.4) is 0 Å². The molecule has 0 aromatic carbocycles. The van der Waals surface area contributed by atoms with E-state index in [1.165, 1.54) is 12.8 Å². The first-order valence-electron chi connectivity index (χ1n) is 8.47. The maximum absolute atomic E-state index is 12.5. The van der Waals surface area contributed by atoms with Gasteiger partial charge in [-0.3, -0.25) is 9.69 Å². The molecule has 1 rings (SSSR count). The van der Waals surface area contributed by atoms with E-state index in [-0.39, 0.29) is 11.3 Å². The topological polar surface area (TPSA) is 49.6 Å². The fourth-order valence-electron chi connectivity index (χ4n) is 3.09. The first kappa shape index (κ1) is 18.4. The molecule has 0 aliphatic heterocycles. The molecule has 0 heterocycles. The van der Waals surface area contributed by atoms with Gasteiger partial charge in [-0.1, -0.05) is 27.7 Å². The second-order valence-corrected chi connectivity index (χ2v) is 7.59. The molecule has 1 aliphatic rings. The minimum atomic E-state index is 0.0646. The maximum atomic E-state index is 12.5. The van der Waals surface area contributed by atoms with Crippen LogP contribution in [0, 0.1) is 11.3 Å². The molecule has 4 nitrogen and oxygen atoms in total. The molecule has 21 heavy (non-hydrogen) atoms. The molecule has 0 unspecified atom stereocenters. The van der Waals surface area contributed by atoms with E-state index >= 15 is 0 Å². The van der Waals surface area contributed by atoms with Gasteiger partial charge in [-0.2, -0.15) is 0 Å². The highest BCUT2D eigenvalue weighted by Crippen LogP contribution is 2.26. The Morgan fingerprint density at radius 3 is 2.29 bits per heavy atom. The number of likely N-dealkylation sites (N-methyl/N-ethyl adjacent to an activating group) is 2. The van der Waals surface area contributed by atoms with Gasteiger partial charge in [-0.15, -0.1) is 0 Å². The smallest absolute Gasteiger partial charge is 0.236 e. The molecule has 124 valence electrons. The Kier molecular flexibility index (Phi) is 7.14. The molecule has 0 saturated heterocycles. The number of carbonyl (C=O) groups excluding carboxylic acids is 1. The highest BCUT2D eigenvalue weighted by atomic mass is 16.2. The van der Waals surface area contributed by atoms with Crippen molar-refractivity contribution in [2.75, 3.05) is 33.2 Å². The zero-order chi connectivity index (χ0) is 16.0. The second-order valence-electron chi connectivity index (χ2n) is 7.59. The Hall–Kier alpha value is -0.610. The number of rotatable bonds is 7. The van der Waals surface area contributed by atoms with Gasteiger partial charge in [0.25, 0.3) is 0 Å². The number of nitrogens with two attached hydrogens (primary N) is 1. The minimum absolute atomic E-state index is 0.0646. The van der Waals surface area contributed by atoms with Gasteiger partial charge < -0.3 is 10.6 Å². The molecular weight excluding hydrogens is 262 g/mol. The second kappa shape index (κ2) is 8.14. The van der Waals surface area contributed by atoms with Crippen LogP contribution >= 0.6 is 0 Å². The Labute approximate surface area is 131 Å². The average Bonchev–Trinajstić information content (AvgIpc) is 2.46. The SMILES string of the molecule is CCN(CC(=O)N(C)C1CCC(C)CC1)CC(C)(C)CN. The average molecular weight is 297 g/mol. The number of amides is 1. The van der Waals surface area contributed by atoms with Crippen molar-refractivity contribution in [2.45, 2.75) is 59.4 Å². The van der Waals surface area contributed by atoms with Gasteiger partial charge in [0, 0.05) is 19.6 Å². The molecule has 0 aromatic rings. The Morgan fingerprint density at radius 1 is 1.24 bits per heavy atom. The van der Waals surface area contributed by atoms with E-state index in [1.54, 1.807) is 0 Å². The summed E-state index contributed by atoms with van der Waals surface area (Å²) in [6.45, 7) is 11.7. The maximum Gasteiger partial charge on any atom is 0.236 e. The van der Waals surface area contributed by atoms with Gasteiger partial charge in [0.2, 0.25) is 5.91 Å². The van der Waals surface area contributed by atoms with E-state index in [0.717, 1.165) is 31.8 Å². The molecule has 0 bridgehead atoms. The van der Waals surface area contributed by atoms with Crippen molar-refractivity contribution in [2.24, 2.45) is 17.1 Å². The summed E-state index contributed by atoms with van der Waals surface area (Å²) in [4.78, 5) is 16.7. The van der Waals surface area contributed by atoms with Crippen LogP contribution in [0.25, 0.3) is 0 Å². The van der Waals surface area contributed by atoms with E-state index in [9.17, 15) is 4.79 Å². The van der Waals surface area contributed by atoms with Crippen LogP contribution < -0.4 is 5.73 Å². The summed E-state index contributed by atoms with van der Waals surface area (Å²) in [6, 6.07) is 0.440. The standard InChI is InChI=1S/C17H35N3O/c1-6-20(13-17(3,4)12-18)11-16(21)19(5)15-9-7-14(2)8-10-15/h14-15H,6-13,18H2,1-5H3. The number of hydrogen-bond acceptors (Lipinski definition) is 3. The van der Waals surface area contributed by atoms with Crippen LogP contribution in [0.2, 0.25) is 0 Å². The highest BCUT2D eigenvalue weighted by Gasteiger charge is 2.27. The molecule has 1 amide bonds. The zero-order valence-corrected chi connectivity index (χ0v) is 14.7. The van der Waals surface area contributed by atoms with Gasteiger partial charge >= 0.3 is 0 Å². The first-order chi connectivity index (χ1) is 9.79. The van der Waals surface area contributed by atoms with Gasteiger partial charge in [0.05, 0.1) is 6.54 Å². The van der Waals surface area contributed by atoms with Crippen molar-refractivity contribution >= 4 is 5.91 Å². The lowest BCUT2D eigenvalue weighted by Crippen LogP contribution is -2.47. The van der Waals surface area contributed by atoms with Gasteiger partial charge in [0.1, 0.15) is 0 Å². The Bertz CT molecular complexity index is 322. The van der Waals surface area contributed by atoms with Crippen LogP contribution in [0.4, 0.5) is 0 Å². The lowest BCUT2D eigenvalue weighted by atomic mass is 9.87. The third kappa shape index (κ3) is 5.95. The number of nitrogens with zero attached hydrogens (tertiary/aromatic N) is 2. The highest BCUT2D eigenvalue weighted by molar-refractivity contribution is 5.78. The number of hydrogen-bond donors (Lipinski definition) is 1. The van der Waals surface area contributed by atoms with Gasteiger partial charge in [-0.25, -0.2) is 0 Å². The lowest BCUT2D eigenvalue weighted by molar-refractivity contribution is -0.134. The predicted octanol–water partition coefficient (Wildman–Crippen LogP) is 2.33. The molecule has 0 radical (unpaired) electrons. The minimum Gasteiger partial charge on any atom is -0.342 e. The molecule has 4 heteroatoms. The summed E-state index contributed by atoms with van der Waals surface area (Å²) in [5.41, 5.74) is 5.87. The van der Waals surface area contributed by atoms with Gasteiger partial charge in [-0.05, 0) is 50.1 Å². The summed E-state index contributed by atoms with van der Waals surface area (Å²) in [5, 5.41) is 0. The molecule has 2 N–H and O–H groups in total. The van der Waals surface area contributed by atoms with E-state index in [4.69, 9.17) is 5.73 Å². The lowest BCUT2D eigenvalue weighted by Gasteiger charge is -2.36. The van der Waals surface area contributed by atoms with Crippen molar-refractivity contribution in [1.82, 2.24) is 9.80 Å². The zero-order valence-electron chi connectivity index (χ0n) is 14.7. The van der Waals surface area contributed by atoms with Crippen LogP contribution in [0.15, 0.2) is 0 Å². The molecule has 0 spiro atoms. The fourth-order valence-corrected chi connectivity index (χ4v) is 3.09. The summed E-state index contributed by atoms with van der Waals surface area (Å²) >= 11 is 0. The van der Waals surface area contributed by atoms with Crippen molar-refractivity contribution in [3.05, 3.63) is 0 Å². The molecular formula is C17H35N3O. The molecule has 0 atom stereocenters. The quantitative estimate of drug-likeness (QED) is 0.784. The van der Waals surface area contributed by atoms with E-state index in [0.29, 0.717) is 19.1 Å². The van der Waals surface area contributed by atoms with Crippen molar-refractivity contribution < 1.29 is 4.79 Å². The van der Waals surface area contributed by atoms with E-state index < -0.39 is 0 Å². The monoisotopic (exact) mass is 297 g/mol. The first-order valence-corrected chi connectivity index (χ1v) is 8.47. The normalized spacial score (nSPS) is 23.4. The summed E-state index contributed by atoms with van der Waals surface area (Å²) in [7, 11) is 1.98. The van der Waals surface area contributed by atoms with Crippen molar-refractivity contribution in [1.29, 1.82) is 0 Å². The summed E-state index contributed by atoms with van der Waals surface area (Å²) in [5.74, 6) is 1.08. The number of carbonyl (C=O) groups is 1. The summed E-state index contributed by atoms with van der Waals surface area (Å²) in [6.07, 6.45) is 4.81. The molecule has 1 aliphatic carbocycles. The van der Waals surface area contributed by atoms with Crippen LogP contribution in [0.5, 0.6) is 0 Å². The molecule has 0 aromatic heterocycles. The molecule has 1 fully saturated rings. The van der Waals surface area contributed by atoms with Gasteiger partial charge in [0.15, 0.2) is 0 Å². The van der Waals surface area contributed by atoms with Crippen LogP contribution in [-0.4, -0.2) is 55.0 Å². The largest absolute Gasteiger partial charge is 0.342 e. The fraction of sp³-hybridized carbons (Fsp3) is 0.941.